The summed E-state index contributed by atoms with van der Waals surface area (Å²) in [5.74, 6) is 0.650. The first-order chi connectivity index (χ1) is 9.63. The van der Waals surface area contributed by atoms with Crippen molar-refractivity contribution in [2.45, 2.75) is 18.8 Å². The largest absolute Gasteiger partial charge is 0.360 e. The van der Waals surface area contributed by atoms with Gasteiger partial charge in [0, 0.05) is 29.8 Å². The zero-order valence-electron chi connectivity index (χ0n) is 10.4. The molecule has 0 spiro atoms. The summed E-state index contributed by atoms with van der Waals surface area (Å²) in [6.45, 7) is 0. The lowest BCUT2D eigenvalue weighted by atomic mass is 10.2. The zero-order valence-corrected chi connectivity index (χ0v) is 10.4. The second kappa shape index (κ2) is 4.76. The predicted molar refractivity (Wildman–Crippen MR) is 69.5 cm³/mol. The minimum atomic E-state index is -0.517. The van der Waals surface area contributed by atoms with E-state index in [-0.39, 0.29) is 11.4 Å². The number of nitro groups is 1. The summed E-state index contributed by atoms with van der Waals surface area (Å²) in [5.41, 5.74) is 0.445. The molecule has 1 aromatic carbocycles. The molecule has 1 aliphatic carbocycles. The van der Waals surface area contributed by atoms with Gasteiger partial charge in [-0.2, -0.15) is 0 Å². The number of hydrogen-bond acceptors (Lipinski definition) is 5. The van der Waals surface area contributed by atoms with Crippen LogP contribution in [0, 0.1) is 10.1 Å². The van der Waals surface area contributed by atoms with Crippen LogP contribution in [-0.2, 0) is 0 Å². The van der Waals surface area contributed by atoms with Crippen LogP contribution in [0.1, 0.15) is 35.0 Å². The SMILES string of the molecule is O=C(Nc1cccc([N+](=O)[O-])c1)c1cc(C2CC2)on1. The van der Waals surface area contributed by atoms with E-state index >= 15 is 0 Å². The van der Waals surface area contributed by atoms with Crippen molar-refractivity contribution in [2.24, 2.45) is 0 Å². The first-order valence-corrected chi connectivity index (χ1v) is 6.16. The van der Waals surface area contributed by atoms with E-state index in [4.69, 9.17) is 4.52 Å². The Morgan fingerprint density at radius 1 is 1.40 bits per heavy atom. The summed E-state index contributed by atoms with van der Waals surface area (Å²) >= 11 is 0. The van der Waals surface area contributed by atoms with Crippen LogP contribution < -0.4 is 5.32 Å². The highest BCUT2D eigenvalue weighted by Crippen LogP contribution is 2.40. The molecule has 0 unspecified atom stereocenters. The molecule has 0 bridgehead atoms. The van der Waals surface area contributed by atoms with Gasteiger partial charge in [0.1, 0.15) is 5.76 Å². The first kappa shape index (κ1) is 12.3. The topological polar surface area (TPSA) is 98.3 Å². The molecule has 3 rings (SSSR count). The highest BCUT2D eigenvalue weighted by molar-refractivity contribution is 6.02. The highest BCUT2D eigenvalue weighted by atomic mass is 16.6. The predicted octanol–water partition coefficient (Wildman–Crippen LogP) is 2.71. The molecule has 2 aromatic rings. The monoisotopic (exact) mass is 273 g/mol. The number of amides is 1. The van der Waals surface area contributed by atoms with Crippen LogP contribution >= 0.6 is 0 Å². The van der Waals surface area contributed by atoms with Gasteiger partial charge in [-0.25, -0.2) is 0 Å². The number of nitrogens with one attached hydrogen (secondary N) is 1. The third-order valence-corrected chi connectivity index (χ3v) is 3.06. The van der Waals surface area contributed by atoms with Crippen molar-refractivity contribution in [3.8, 4) is 0 Å². The van der Waals surface area contributed by atoms with E-state index in [2.05, 4.69) is 10.5 Å². The maximum Gasteiger partial charge on any atom is 0.277 e. The Labute approximate surface area is 113 Å². The fraction of sp³-hybridized carbons (Fsp3) is 0.231. The van der Waals surface area contributed by atoms with Crippen molar-refractivity contribution < 1.29 is 14.2 Å². The second-order valence-electron chi connectivity index (χ2n) is 4.65. The van der Waals surface area contributed by atoms with Gasteiger partial charge in [0.15, 0.2) is 5.69 Å². The van der Waals surface area contributed by atoms with Crippen molar-refractivity contribution in [2.75, 3.05) is 5.32 Å². The molecule has 1 saturated carbocycles. The maximum absolute atomic E-state index is 11.9. The summed E-state index contributed by atoms with van der Waals surface area (Å²) < 4.78 is 5.09. The van der Waals surface area contributed by atoms with Gasteiger partial charge in [-0.3, -0.25) is 14.9 Å². The molecule has 0 aliphatic heterocycles. The van der Waals surface area contributed by atoms with Crippen molar-refractivity contribution in [1.29, 1.82) is 0 Å². The molecular weight excluding hydrogens is 262 g/mol. The molecule has 20 heavy (non-hydrogen) atoms. The van der Waals surface area contributed by atoms with E-state index in [1.165, 1.54) is 18.2 Å². The normalized spacial score (nSPS) is 14.0. The Kier molecular flexibility index (Phi) is 2.94. The van der Waals surface area contributed by atoms with Gasteiger partial charge >= 0.3 is 0 Å². The molecule has 1 aliphatic rings. The van der Waals surface area contributed by atoms with Crippen LogP contribution in [0.4, 0.5) is 11.4 Å². The molecule has 0 radical (unpaired) electrons. The highest BCUT2D eigenvalue weighted by Gasteiger charge is 2.28. The van der Waals surface area contributed by atoms with Gasteiger partial charge in [0.05, 0.1) is 4.92 Å². The Morgan fingerprint density at radius 2 is 2.20 bits per heavy atom. The number of carbonyl (C=O) groups excluding carboxylic acids is 1. The summed E-state index contributed by atoms with van der Waals surface area (Å²) in [6.07, 6.45) is 2.11. The van der Waals surface area contributed by atoms with E-state index < -0.39 is 10.8 Å². The average molecular weight is 273 g/mol. The lowest BCUT2D eigenvalue weighted by Crippen LogP contribution is -2.12. The van der Waals surface area contributed by atoms with Crippen LogP contribution in [0.25, 0.3) is 0 Å². The van der Waals surface area contributed by atoms with Gasteiger partial charge in [0.25, 0.3) is 11.6 Å². The number of carbonyl (C=O) groups is 1. The number of rotatable bonds is 4. The van der Waals surface area contributed by atoms with Gasteiger partial charge in [-0.1, -0.05) is 11.2 Å². The van der Waals surface area contributed by atoms with Crippen molar-refractivity contribution >= 4 is 17.3 Å². The Morgan fingerprint density at radius 3 is 2.90 bits per heavy atom. The van der Waals surface area contributed by atoms with Gasteiger partial charge in [-0.15, -0.1) is 0 Å². The van der Waals surface area contributed by atoms with Crippen molar-refractivity contribution in [3.05, 3.63) is 51.9 Å². The number of anilines is 1. The lowest BCUT2D eigenvalue weighted by molar-refractivity contribution is -0.384. The van der Waals surface area contributed by atoms with Gasteiger partial charge in [0.2, 0.25) is 0 Å². The number of benzene rings is 1. The number of non-ortho nitro benzene ring substituents is 1. The molecule has 1 amide bonds. The average Bonchev–Trinajstić information content (AvgIpc) is 3.16. The molecular formula is C13H11N3O4. The van der Waals surface area contributed by atoms with Crippen LogP contribution in [0.5, 0.6) is 0 Å². The molecule has 0 atom stereocenters. The molecule has 0 saturated heterocycles. The molecule has 1 aromatic heterocycles. The number of nitro benzene ring substituents is 1. The van der Waals surface area contributed by atoms with Crippen LogP contribution in [-0.4, -0.2) is 16.0 Å². The first-order valence-electron chi connectivity index (χ1n) is 6.16. The Hall–Kier alpha value is -2.70. The van der Waals surface area contributed by atoms with E-state index in [1.807, 2.05) is 0 Å². The molecule has 7 heteroatoms. The minimum Gasteiger partial charge on any atom is -0.360 e. The third-order valence-electron chi connectivity index (χ3n) is 3.06. The molecule has 1 N–H and O–H groups in total. The smallest absolute Gasteiger partial charge is 0.277 e. The molecule has 1 fully saturated rings. The molecule has 102 valence electrons. The fourth-order valence-corrected chi connectivity index (χ4v) is 1.85. The van der Waals surface area contributed by atoms with Gasteiger partial charge < -0.3 is 9.84 Å². The molecule has 1 heterocycles. The van der Waals surface area contributed by atoms with E-state index in [1.54, 1.807) is 12.1 Å². The lowest BCUT2D eigenvalue weighted by Gasteiger charge is -2.01. The fourth-order valence-electron chi connectivity index (χ4n) is 1.85. The zero-order chi connectivity index (χ0) is 14.1. The van der Waals surface area contributed by atoms with Crippen molar-refractivity contribution in [3.63, 3.8) is 0 Å². The summed E-state index contributed by atoms with van der Waals surface area (Å²) in [4.78, 5) is 22.1. The van der Waals surface area contributed by atoms with Gasteiger partial charge in [-0.05, 0) is 18.9 Å². The number of aromatic nitrogens is 1. The Balaban J connectivity index is 1.74. The summed E-state index contributed by atoms with van der Waals surface area (Å²) in [6, 6.07) is 7.35. The standard InChI is InChI=1S/C13H11N3O4/c17-13(11-7-12(20-15-11)8-4-5-8)14-9-2-1-3-10(6-9)16(18)19/h1-3,6-8H,4-5H2,(H,14,17). The number of nitrogens with zero attached hydrogens (tertiary/aromatic N) is 2. The summed E-state index contributed by atoms with van der Waals surface area (Å²) in [5, 5.41) is 16.9. The van der Waals surface area contributed by atoms with Crippen LogP contribution in [0.15, 0.2) is 34.9 Å². The number of hydrogen-bond donors (Lipinski definition) is 1. The van der Waals surface area contributed by atoms with Crippen LogP contribution in [0.2, 0.25) is 0 Å². The Bertz CT molecular complexity index is 676. The third kappa shape index (κ3) is 2.51. The van der Waals surface area contributed by atoms with E-state index in [0.29, 0.717) is 17.4 Å². The van der Waals surface area contributed by atoms with Crippen LogP contribution in [0.3, 0.4) is 0 Å². The quantitative estimate of drug-likeness (QED) is 0.682. The van der Waals surface area contributed by atoms with Crippen molar-refractivity contribution in [1.82, 2.24) is 5.16 Å². The van der Waals surface area contributed by atoms with E-state index in [0.717, 1.165) is 12.8 Å². The molecule has 7 nitrogen and oxygen atoms in total. The summed E-state index contributed by atoms with van der Waals surface area (Å²) in [7, 11) is 0. The minimum absolute atomic E-state index is 0.0818. The second-order valence-corrected chi connectivity index (χ2v) is 4.65. The maximum atomic E-state index is 11.9. The van der Waals surface area contributed by atoms with E-state index in [9.17, 15) is 14.9 Å².